The Morgan fingerprint density at radius 1 is 1.21 bits per heavy atom. The van der Waals surface area contributed by atoms with Crippen LogP contribution in [0.25, 0.3) is 16.5 Å². The minimum Gasteiger partial charge on any atom is -0.476 e. The summed E-state index contributed by atoms with van der Waals surface area (Å²) in [7, 11) is 1.49. The molecule has 0 radical (unpaired) electrons. The summed E-state index contributed by atoms with van der Waals surface area (Å²) in [6.45, 7) is 3.30. The number of aromatic amines is 1. The first-order valence-corrected chi connectivity index (χ1v) is 10.8. The van der Waals surface area contributed by atoms with Gasteiger partial charge in [-0.25, -0.2) is 0 Å². The third-order valence-electron chi connectivity index (χ3n) is 5.20. The molecule has 1 aromatic carbocycles. The van der Waals surface area contributed by atoms with Crippen LogP contribution in [0.4, 0.5) is 11.5 Å². The summed E-state index contributed by atoms with van der Waals surface area (Å²) in [5, 5.41) is 16.1. The summed E-state index contributed by atoms with van der Waals surface area (Å²) >= 11 is 1.17. The van der Waals surface area contributed by atoms with Crippen molar-refractivity contribution in [3.63, 3.8) is 0 Å². The number of carbonyl (C=O) groups is 3. The van der Waals surface area contributed by atoms with E-state index in [1.165, 1.54) is 24.6 Å². The van der Waals surface area contributed by atoms with Crippen molar-refractivity contribution in [2.45, 2.75) is 19.4 Å². The second kappa shape index (κ2) is 8.10. The third-order valence-corrected chi connectivity index (χ3v) is 6.33. The minimum atomic E-state index is -1.06. The Bertz CT molecular complexity index is 1350. The van der Waals surface area contributed by atoms with Crippen LogP contribution in [0.15, 0.2) is 30.5 Å². The SMILES string of the molecule is CNC(=O)c1c(NC(=O)c2ccc(C(C=N)=CN)s2)[nH]c2cc3c(cc12)OC(C)(C)C(=O)N3. The quantitative estimate of drug-likeness (QED) is 0.318. The lowest BCUT2D eigenvalue weighted by molar-refractivity contribution is -0.129. The van der Waals surface area contributed by atoms with Crippen molar-refractivity contribution in [2.75, 3.05) is 17.7 Å². The number of H-pyrrole nitrogens is 1. The molecule has 0 bridgehead atoms. The number of amides is 3. The molecule has 170 valence electrons. The Morgan fingerprint density at radius 2 is 1.94 bits per heavy atom. The van der Waals surface area contributed by atoms with Gasteiger partial charge in [0, 0.05) is 35.3 Å². The van der Waals surface area contributed by atoms with Gasteiger partial charge in [-0.05, 0) is 38.1 Å². The Morgan fingerprint density at radius 3 is 2.61 bits per heavy atom. The van der Waals surface area contributed by atoms with Crippen LogP contribution in [0.5, 0.6) is 5.75 Å². The molecule has 0 saturated heterocycles. The first-order chi connectivity index (χ1) is 15.7. The molecule has 33 heavy (non-hydrogen) atoms. The number of allylic oxidation sites excluding steroid dienone is 1. The predicted molar refractivity (Wildman–Crippen MR) is 128 cm³/mol. The maximum atomic E-state index is 12.9. The zero-order valence-electron chi connectivity index (χ0n) is 18.1. The number of ether oxygens (including phenoxy) is 1. The van der Waals surface area contributed by atoms with E-state index in [-0.39, 0.29) is 17.3 Å². The predicted octanol–water partition coefficient (Wildman–Crippen LogP) is 2.90. The number of benzene rings is 1. The number of carbonyl (C=O) groups excluding carboxylic acids is 3. The van der Waals surface area contributed by atoms with Crippen molar-refractivity contribution in [1.82, 2.24) is 10.3 Å². The third kappa shape index (κ3) is 3.82. The Balaban J connectivity index is 1.75. The topological polar surface area (TPSA) is 162 Å². The van der Waals surface area contributed by atoms with E-state index in [9.17, 15) is 14.4 Å². The molecule has 1 aliphatic heterocycles. The first-order valence-electron chi connectivity index (χ1n) is 9.94. The van der Waals surface area contributed by atoms with E-state index >= 15 is 0 Å². The molecule has 10 nitrogen and oxygen atoms in total. The molecule has 2 aromatic heterocycles. The normalized spacial score (nSPS) is 14.8. The highest BCUT2D eigenvalue weighted by atomic mass is 32.1. The summed E-state index contributed by atoms with van der Waals surface area (Å²) in [5.74, 6) is -0.492. The van der Waals surface area contributed by atoms with Gasteiger partial charge in [-0.2, -0.15) is 0 Å². The van der Waals surface area contributed by atoms with Crippen LogP contribution < -0.4 is 26.4 Å². The van der Waals surface area contributed by atoms with Gasteiger partial charge in [0.15, 0.2) is 5.60 Å². The number of anilines is 2. The molecule has 11 heteroatoms. The van der Waals surface area contributed by atoms with Crippen LogP contribution in [0, 0.1) is 5.41 Å². The number of hydrogen-bond donors (Lipinski definition) is 6. The maximum Gasteiger partial charge on any atom is 0.268 e. The minimum absolute atomic E-state index is 0.207. The Hall–Kier alpha value is -4.12. The Labute approximate surface area is 192 Å². The smallest absolute Gasteiger partial charge is 0.268 e. The first kappa shape index (κ1) is 22.1. The van der Waals surface area contributed by atoms with E-state index in [4.69, 9.17) is 15.9 Å². The van der Waals surface area contributed by atoms with E-state index in [0.717, 1.165) is 6.21 Å². The van der Waals surface area contributed by atoms with Gasteiger partial charge in [0.25, 0.3) is 17.7 Å². The number of aromatic nitrogens is 1. The van der Waals surface area contributed by atoms with Crippen LogP contribution >= 0.6 is 11.3 Å². The molecule has 3 heterocycles. The summed E-state index contributed by atoms with van der Waals surface area (Å²) in [6.07, 6.45) is 2.41. The molecule has 0 atom stereocenters. The second-order valence-electron chi connectivity index (χ2n) is 7.80. The lowest BCUT2D eigenvalue weighted by atomic mass is 10.0. The lowest BCUT2D eigenvalue weighted by Gasteiger charge is -2.31. The second-order valence-corrected chi connectivity index (χ2v) is 8.88. The molecule has 0 spiro atoms. The van der Waals surface area contributed by atoms with E-state index in [1.807, 2.05) is 0 Å². The molecule has 0 saturated carbocycles. The van der Waals surface area contributed by atoms with E-state index < -0.39 is 17.4 Å². The van der Waals surface area contributed by atoms with Crippen LogP contribution in [0.1, 0.15) is 38.8 Å². The maximum absolute atomic E-state index is 12.9. The fourth-order valence-corrected chi connectivity index (χ4v) is 4.34. The van der Waals surface area contributed by atoms with Crippen LogP contribution in [-0.4, -0.2) is 41.6 Å². The van der Waals surface area contributed by atoms with Gasteiger partial charge in [0.05, 0.1) is 21.6 Å². The number of nitrogens with two attached hydrogens (primary N) is 1. The highest BCUT2D eigenvalue weighted by molar-refractivity contribution is 7.15. The van der Waals surface area contributed by atoms with Crippen molar-refractivity contribution in [3.05, 3.63) is 45.8 Å². The van der Waals surface area contributed by atoms with Gasteiger partial charge in [-0.3, -0.25) is 14.4 Å². The molecule has 4 rings (SSSR count). The largest absolute Gasteiger partial charge is 0.476 e. The van der Waals surface area contributed by atoms with E-state index in [0.29, 0.717) is 37.7 Å². The van der Waals surface area contributed by atoms with Crippen molar-refractivity contribution >= 4 is 63.3 Å². The summed E-state index contributed by atoms with van der Waals surface area (Å²) in [4.78, 5) is 42.0. The molecule has 3 amide bonds. The van der Waals surface area contributed by atoms with Crippen LogP contribution in [0.2, 0.25) is 0 Å². The fourth-order valence-electron chi connectivity index (χ4n) is 3.44. The van der Waals surface area contributed by atoms with E-state index in [1.54, 1.807) is 38.1 Å². The zero-order chi connectivity index (χ0) is 23.9. The van der Waals surface area contributed by atoms with Gasteiger partial charge in [0.1, 0.15) is 11.6 Å². The number of rotatable bonds is 5. The van der Waals surface area contributed by atoms with Gasteiger partial charge < -0.3 is 36.8 Å². The molecule has 0 fully saturated rings. The standard InChI is InChI=1S/C22H22N6O4S/c1-22(2)21(31)27-13-7-12-11(6-14(13)32-22)17(20(30)25-3)18(26-12)28-19(29)16-5-4-15(33-16)10(8-23)9-24/h4-9,23,26H,24H2,1-3H3,(H,25,30)(H,27,31)(H,28,29). The van der Waals surface area contributed by atoms with Crippen molar-refractivity contribution < 1.29 is 19.1 Å². The van der Waals surface area contributed by atoms with Crippen LogP contribution in [0.3, 0.4) is 0 Å². The fraction of sp³-hybridized carbons (Fsp3) is 0.182. The number of nitrogens with one attached hydrogen (secondary N) is 5. The highest BCUT2D eigenvalue weighted by Crippen LogP contribution is 2.39. The monoisotopic (exact) mass is 466 g/mol. The summed E-state index contributed by atoms with van der Waals surface area (Å²) in [6, 6.07) is 6.64. The number of thiophene rings is 1. The molecule has 3 aromatic rings. The molecule has 1 aliphatic rings. The van der Waals surface area contributed by atoms with Crippen LogP contribution in [-0.2, 0) is 4.79 Å². The van der Waals surface area contributed by atoms with Crippen molar-refractivity contribution in [2.24, 2.45) is 5.73 Å². The van der Waals surface area contributed by atoms with Crippen molar-refractivity contribution in [1.29, 1.82) is 5.41 Å². The van der Waals surface area contributed by atoms with Crippen molar-refractivity contribution in [3.8, 4) is 5.75 Å². The lowest BCUT2D eigenvalue weighted by Crippen LogP contribution is -2.45. The zero-order valence-corrected chi connectivity index (χ0v) is 18.9. The number of hydrogen-bond acceptors (Lipinski definition) is 7. The Kier molecular flexibility index (Phi) is 5.42. The number of fused-ring (bicyclic) bond motifs is 2. The average Bonchev–Trinajstić information content (AvgIpc) is 3.38. The highest BCUT2D eigenvalue weighted by Gasteiger charge is 2.36. The van der Waals surface area contributed by atoms with Gasteiger partial charge in [0.2, 0.25) is 0 Å². The molecular weight excluding hydrogens is 444 g/mol. The van der Waals surface area contributed by atoms with Gasteiger partial charge in [-0.15, -0.1) is 11.3 Å². The molecular formula is C22H22N6O4S. The molecule has 0 unspecified atom stereocenters. The van der Waals surface area contributed by atoms with Gasteiger partial charge in [-0.1, -0.05) is 0 Å². The van der Waals surface area contributed by atoms with Gasteiger partial charge >= 0.3 is 0 Å². The summed E-state index contributed by atoms with van der Waals surface area (Å²) < 4.78 is 5.84. The molecule has 7 N–H and O–H groups in total. The average molecular weight is 467 g/mol. The van der Waals surface area contributed by atoms with E-state index in [2.05, 4.69) is 20.9 Å². The molecule has 0 aliphatic carbocycles. The summed E-state index contributed by atoms with van der Waals surface area (Å²) in [5.41, 5.74) is 6.18.